The number of thiophene rings is 1. The van der Waals surface area contributed by atoms with Crippen molar-refractivity contribution in [2.24, 2.45) is 4.99 Å². The van der Waals surface area contributed by atoms with Crippen molar-refractivity contribution in [3.63, 3.8) is 0 Å². The number of aromatic hydroxyl groups is 2. The number of esters is 1. The lowest BCUT2D eigenvalue weighted by Gasteiger charge is -2.11. The normalized spacial score (nSPS) is 13.8. The van der Waals surface area contributed by atoms with E-state index in [2.05, 4.69) is 36.9 Å². The zero-order valence-electron chi connectivity index (χ0n) is 14.0. The second-order valence-corrected chi connectivity index (χ2v) is 8.56. The summed E-state index contributed by atoms with van der Waals surface area (Å²) in [4.78, 5) is 18.1. The lowest BCUT2D eigenvalue weighted by molar-refractivity contribution is 0.0526. The molecule has 0 bridgehead atoms. The number of phenols is 2. The van der Waals surface area contributed by atoms with Crippen LogP contribution in [0.3, 0.4) is 0 Å². The first-order valence-corrected chi connectivity index (χ1v) is 10.6. The molecule has 0 atom stereocenters. The van der Waals surface area contributed by atoms with Gasteiger partial charge in [-0.3, -0.25) is 0 Å². The van der Waals surface area contributed by atoms with E-state index in [0.717, 1.165) is 31.2 Å². The van der Waals surface area contributed by atoms with Gasteiger partial charge in [0.25, 0.3) is 0 Å². The highest BCUT2D eigenvalue weighted by atomic mass is 79.9. The van der Waals surface area contributed by atoms with Crippen LogP contribution in [0.2, 0.25) is 0 Å². The minimum Gasteiger partial charge on any atom is -0.506 e. The van der Waals surface area contributed by atoms with Gasteiger partial charge in [0, 0.05) is 16.7 Å². The lowest BCUT2D eigenvalue weighted by Crippen LogP contribution is -2.09. The van der Waals surface area contributed by atoms with Gasteiger partial charge in [-0.15, -0.1) is 11.3 Å². The third-order valence-electron chi connectivity index (χ3n) is 4.15. The molecule has 0 unspecified atom stereocenters. The number of carbonyl (C=O) groups excluding carboxylic acids is 1. The van der Waals surface area contributed by atoms with Crippen molar-refractivity contribution >= 4 is 60.4 Å². The number of aryl methyl sites for hydroxylation is 1. The molecule has 1 heterocycles. The Morgan fingerprint density at radius 2 is 2.04 bits per heavy atom. The molecule has 0 spiro atoms. The van der Waals surface area contributed by atoms with Crippen LogP contribution in [-0.4, -0.2) is 29.0 Å². The van der Waals surface area contributed by atoms with Gasteiger partial charge in [-0.05, 0) is 76.1 Å². The van der Waals surface area contributed by atoms with Gasteiger partial charge in [-0.2, -0.15) is 0 Å². The third kappa shape index (κ3) is 3.68. The van der Waals surface area contributed by atoms with Crippen LogP contribution in [0.15, 0.2) is 20.0 Å². The smallest absolute Gasteiger partial charge is 0.341 e. The molecule has 0 aliphatic heterocycles. The van der Waals surface area contributed by atoms with E-state index in [-0.39, 0.29) is 21.9 Å². The summed E-state index contributed by atoms with van der Waals surface area (Å²) in [5, 5.41) is 20.6. The van der Waals surface area contributed by atoms with Crippen LogP contribution in [0.1, 0.15) is 46.1 Å². The first kappa shape index (κ1) is 19.4. The number of halogens is 2. The average Bonchev–Trinajstić information content (AvgIpc) is 3.00. The van der Waals surface area contributed by atoms with E-state index in [9.17, 15) is 15.0 Å². The summed E-state index contributed by atoms with van der Waals surface area (Å²) in [5.41, 5.74) is 2.01. The molecule has 8 heteroatoms. The van der Waals surface area contributed by atoms with E-state index in [1.54, 1.807) is 13.0 Å². The van der Waals surface area contributed by atoms with Crippen molar-refractivity contribution in [1.82, 2.24) is 0 Å². The number of hydrogen-bond donors (Lipinski definition) is 2. The molecule has 1 aliphatic carbocycles. The summed E-state index contributed by atoms with van der Waals surface area (Å²) < 4.78 is 5.83. The summed E-state index contributed by atoms with van der Waals surface area (Å²) in [7, 11) is 0. The van der Waals surface area contributed by atoms with Gasteiger partial charge in [-0.25, -0.2) is 9.79 Å². The maximum absolute atomic E-state index is 12.4. The van der Waals surface area contributed by atoms with Crippen molar-refractivity contribution < 1.29 is 19.7 Å². The molecule has 0 fully saturated rings. The number of hydrogen-bond acceptors (Lipinski definition) is 6. The third-order valence-corrected chi connectivity index (χ3v) is 6.71. The first-order chi connectivity index (χ1) is 12.4. The van der Waals surface area contributed by atoms with Crippen molar-refractivity contribution in [2.75, 3.05) is 6.61 Å². The fourth-order valence-electron chi connectivity index (χ4n) is 2.90. The summed E-state index contributed by atoms with van der Waals surface area (Å²) in [6.45, 7) is 2.09. The second kappa shape index (κ2) is 8.10. The lowest BCUT2D eigenvalue weighted by atomic mass is 9.95. The Labute approximate surface area is 172 Å². The molecule has 0 saturated carbocycles. The molecule has 1 aliphatic rings. The van der Waals surface area contributed by atoms with Gasteiger partial charge in [-0.1, -0.05) is 0 Å². The molecule has 5 nitrogen and oxygen atoms in total. The number of phenolic OH excluding ortho intramolecular Hbond substituents is 2. The van der Waals surface area contributed by atoms with E-state index in [1.807, 2.05) is 0 Å². The van der Waals surface area contributed by atoms with Crippen LogP contribution in [0.5, 0.6) is 11.5 Å². The van der Waals surface area contributed by atoms with Gasteiger partial charge in [0.15, 0.2) is 0 Å². The van der Waals surface area contributed by atoms with Crippen LogP contribution in [0.4, 0.5) is 5.00 Å². The minimum atomic E-state index is -0.351. The molecule has 1 aromatic carbocycles. The zero-order chi connectivity index (χ0) is 18.8. The van der Waals surface area contributed by atoms with Crippen molar-refractivity contribution in [3.8, 4) is 11.5 Å². The molecule has 2 aromatic rings. The maximum atomic E-state index is 12.4. The fourth-order valence-corrected chi connectivity index (χ4v) is 5.27. The van der Waals surface area contributed by atoms with Crippen molar-refractivity contribution in [2.45, 2.75) is 32.6 Å². The van der Waals surface area contributed by atoms with E-state index >= 15 is 0 Å². The Bertz CT molecular complexity index is 892. The van der Waals surface area contributed by atoms with E-state index in [4.69, 9.17) is 4.74 Å². The van der Waals surface area contributed by atoms with Crippen LogP contribution in [-0.2, 0) is 17.6 Å². The van der Waals surface area contributed by atoms with E-state index < -0.39 is 0 Å². The highest BCUT2D eigenvalue weighted by molar-refractivity contribution is 9.11. The second-order valence-electron chi connectivity index (χ2n) is 5.83. The maximum Gasteiger partial charge on any atom is 0.341 e. The molecule has 138 valence electrons. The monoisotopic (exact) mass is 501 g/mol. The highest BCUT2D eigenvalue weighted by Crippen LogP contribution is 2.42. The predicted octanol–water partition coefficient (Wildman–Crippen LogP) is 5.49. The van der Waals surface area contributed by atoms with E-state index in [1.165, 1.54) is 22.4 Å². The Morgan fingerprint density at radius 1 is 1.31 bits per heavy atom. The summed E-state index contributed by atoms with van der Waals surface area (Å²) in [6.07, 6.45) is 5.46. The standard InChI is InChI=1S/C18H17Br2NO4S/c1-2-25-18(24)13-10-5-3-4-6-12(10)26-17(13)21-8-9-7-11(19)16(23)14(20)15(9)22/h7-8,22-23H,2-6H2,1H3/b21-8+. The van der Waals surface area contributed by atoms with Gasteiger partial charge in [0.05, 0.1) is 16.6 Å². The predicted molar refractivity (Wildman–Crippen MR) is 109 cm³/mol. The Hall–Kier alpha value is -1.38. The number of aliphatic imine (C=N–C) groups is 1. The minimum absolute atomic E-state index is 0.0848. The Kier molecular flexibility index (Phi) is 6.04. The summed E-state index contributed by atoms with van der Waals surface area (Å²) in [6, 6.07) is 1.57. The van der Waals surface area contributed by atoms with Crippen LogP contribution in [0.25, 0.3) is 0 Å². The molecule has 3 rings (SSSR count). The molecule has 0 radical (unpaired) electrons. The number of benzene rings is 1. The first-order valence-electron chi connectivity index (χ1n) is 8.19. The molecular weight excluding hydrogens is 486 g/mol. The largest absolute Gasteiger partial charge is 0.506 e. The number of carbonyl (C=O) groups is 1. The fraction of sp³-hybridized carbons (Fsp3) is 0.333. The van der Waals surface area contributed by atoms with Gasteiger partial charge >= 0.3 is 5.97 Å². The molecule has 0 saturated heterocycles. The summed E-state index contributed by atoms with van der Waals surface area (Å²) in [5.74, 6) is -0.553. The quantitative estimate of drug-likeness (QED) is 0.428. The van der Waals surface area contributed by atoms with Crippen molar-refractivity contribution in [3.05, 3.63) is 36.6 Å². The topological polar surface area (TPSA) is 79.1 Å². The van der Waals surface area contributed by atoms with Crippen molar-refractivity contribution in [1.29, 1.82) is 0 Å². The molecule has 0 amide bonds. The molecular formula is C18H17Br2NO4S. The molecule has 26 heavy (non-hydrogen) atoms. The number of fused-ring (bicyclic) bond motifs is 1. The van der Waals surface area contributed by atoms with Crippen LogP contribution in [0, 0.1) is 0 Å². The Morgan fingerprint density at radius 3 is 2.77 bits per heavy atom. The summed E-state index contributed by atoms with van der Waals surface area (Å²) >= 11 is 7.89. The number of nitrogens with zero attached hydrogens (tertiary/aromatic N) is 1. The number of rotatable bonds is 4. The average molecular weight is 503 g/mol. The van der Waals surface area contributed by atoms with Crippen LogP contribution < -0.4 is 0 Å². The zero-order valence-corrected chi connectivity index (χ0v) is 18.0. The van der Waals surface area contributed by atoms with E-state index in [0.29, 0.717) is 27.2 Å². The molecule has 2 N–H and O–H groups in total. The van der Waals surface area contributed by atoms with Gasteiger partial charge in [0.2, 0.25) is 0 Å². The van der Waals surface area contributed by atoms with Gasteiger partial charge < -0.3 is 14.9 Å². The SMILES string of the molecule is CCOC(=O)c1c(/N=C/c2cc(Br)c(O)c(Br)c2O)sc2c1CCCC2. The Balaban J connectivity index is 2.04. The molecule has 1 aromatic heterocycles. The van der Waals surface area contributed by atoms with Crippen LogP contribution >= 0.6 is 43.2 Å². The van der Waals surface area contributed by atoms with Gasteiger partial charge in [0.1, 0.15) is 21.0 Å². The highest BCUT2D eigenvalue weighted by Gasteiger charge is 2.26. The number of ether oxygens (including phenoxy) is 1.